The van der Waals surface area contributed by atoms with Crippen molar-refractivity contribution in [2.45, 2.75) is 32.2 Å². The lowest BCUT2D eigenvalue weighted by molar-refractivity contribution is 0.0599. The summed E-state index contributed by atoms with van der Waals surface area (Å²) in [5.74, 6) is 0.456. The number of carbonyl (C=O) groups is 1. The van der Waals surface area contributed by atoms with Gasteiger partial charge in [0.1, 0.15) is 5.82 Å². The minimum atomic E-state index is -0.367. The van der Waals surface area contributed by atoms with Crippen molar-refractivity contribution in [3.63, 3.8) is 0 Å². The highest BCUT2D eigenvalue weighted by Gasteiger charge is 2.26. The van der Waals surface area contributed by atoms with Gasteiger partial charge >= 0.3 is 5.97 Å². The molecule has 1 aliphatic carbocycles. The van der Waals surface area contributed by atoms with Crippen LogP contribution in [-0.2, 0) is 4.74 Å². The molecule has 1 aliphatic rings. The molecule has 0 amide bonds. The van der Waals surface area contributed by atoms with Crippen molar-refractivity contribution in [2.24, 2.45) is 0 Å². The fourth-order valence-electron chi connectivity index (χ4n) is 2.32. The maximum absolute atomic E-state index is 11.5. The minimum Gasteiger partial charge on any atom is -0.465 e. The standard InChI is InChI=1S/C14H20N2O3/c1-10-12(14(18)19-2)6-7-13(15-10)16(8-9-17)11-4-3-5-11/h6-7,11,17H,3-5,8-9H2,1-2H3. The molecule has 19 heavy (non-hydrogen) atoms. The number of hydrogen-bond donors (Lipinski definition) is 1. The van der Waals surface area contributed by atoms with E-state index in [1.807, 2.05) is 6.07 Å². The van der Waals surface area contributed by atoms with Crippen LogP contribution in [0.3, 0.4) is 0 Å². The highest BCUT2D eigenvalue weighted by molar-refractivity contribution is 5.90. The zero-order valence-electron chi connectivity index (χ0n) is 11.4. The van der Waals surface area contributed by atoms with Crippen LogP contribution in [0.1, 0.15) is 35.3 Å². The molecule has 5 nitrogen and oxygen atoms in total. The van der Waals surface area contributed by atoms with Crippen LogP contribution in [0.2, 0.25) is 0 Å². The predicted octanol–water partition coefficient (Wildman–Crippen LogP) is 1.53. The number of carbonyl (C=O) groups excluding carboxylic acids is 1. The molecule has 1 heterocycles. The van der Waals surface area contributed by atoms with Crippen LogP contribution in [0, 0.1) is 6.92 Å². The molecule has 1 saturated carbocycles. The van der Waals surface area contributed by atoms with Gasteiger partial charge in [-0.1, -0.05) is 0 Å². The van der Waals surface area contributed by atoms with Crippen LogP contribution in [0.25, 0.3) is 0 Å². The molecule has 104 valence electrons. The van der Waals surface area contributed by atoms with E-state index >= 15 is 0 Å². The highest BCUT2D eigenvalue weighted by atomic mass is 16.5. The second-order valence-corrected chi connectivity index (χ2v) is 4.80. The third kappa shape index (κ3) is 2.87. The van der Waals surface area contributed by atoms with E-state index in [0.717, 1.165) is 18.7 Å². The van der Waals surface area contributed by atoms with Gasteiger partial charge in [0, 0.05) is 12.6 Å². The fourth-order valence-corrected chi connectivity index (χ4v) is 2.32. The first-order valence-electron chi connectivity index (χ1n) is 6.61. The van der Waals surface area contributed by atoms with E-state index in [9.17, 15) is 9.90 Å². The van der Waals surface area contributed by atoms with Gasteiger partial charge in [0.2, 0.25) is 0 Å². The van der Waals surface area contributed by atoms with E-state index in [0.29, 0.717) is 23.8 Å². The van der Waals surface area contributed by atoms with Gasteiger partial charge in [0.05, 0.1) is 25.0 Å². The first-order chi connectivity index (χ1) is 9.17. The number of esters is 1. The summed E-state index contributed by atoms with van der Waals surface area (Å²) < 4.78 is 4.71. The maximum Gasteiger partial charge on any atom is 0.339 e. The summed E-state index contributed by atoms with van der Waals surface area (Å²) in [5.41, 5.74) is 1.15. The number of anilines is 1. The molecule has 0 radical (unpaired) electrons. The Morgan fingerprint density at radius 1 is 1.53 bits per heavy atom. The van der Waals surface area contributed by atoms with Crippen molar-refractivity contribution in [2.75, 3.05) is 25.2 Å². The van der Waals surface area contributed by atoms with Crippen molar-refractivity contribution in [1.82, 2.24) is 4.98 Å². The summed E-state index contributed by atoms with van der Waals surface area (Å²) in [5, 5.41) is 9.17. The molecule has 2 rings (SSSR count). The van der Waals surface area contributed by atoms with E-state index in [-0.39, 0.29) is 12.6 Å². The second kappa shape index (κ2) is 6.02. The molecular formula is C14H20N2O3. The lowest BCUT2D eigenvalue weighted by Crippen LogP contribution is -2.42. The maximum atomic E-state index is 11.5. The smallest absolute Gasteiger partial charge is 0.339 e. The molecule has 0 unspecified atom stereocenters. The SMILES string of the molecule is COC(=O)c1ccc(N(CCO)C2CCC2)nc1C. The molecule has 1 aromatic heterocycles. The number of nitrogens with zero attached hydrogens (tertiary/aromatic N) is 2. The highest BCUT2D eigenvalue weighted by Crippen LogP contribution is 2.28. The first kappa shape index (κ1) is 13.8. The van der Waals surface area contributed by atoms with Crippen molar-refractivity contribution >= 4 is 11.8 Å². The van der Waals surface area contributed by atoms with Crippen LogP contribution < -0.4 is 4.90 Å². The fraction of sp³-hybridized carbons (Fsp3) is 0.571. The molecule has 0 aliphatic heterocycles. The number of aliphatic hydroxyl groups excluding tert-OH is 1. The van der Waals surface area contributed by atoms with Gasteiger partial charge in [-0.15, -0.1) is 0 Å². The summed E-state index contributed by atoms with van der Waals surface area (Å²) in [4.78, 5) is 18.1. The molecule has 1 N–H and O–H groups in total. The van der Waals surface area contributed by atoms with E-state index in [1.54, 1.807) is 13.0 Å². The molecule has 1 fully saturated rings. The van der Waals surface area contributed by atoms with E-state index in [1.165, 1.54) is 13.5 Å². The molecule has 0 bridgehead atoms. The molecule has 0 spiro atoms. The number of aromatic nitrogens is 1. The van der Waals surface area contributed by atoms with E-state index < -0.39 is 0 Å². The zero-order chi connectivity index (χ0) is 13.8. The van der Waals surface area contributed by atoms with Gasteiger partial charge in [-0.2, -0.15) is 0 Å². The Morgan fingerprint density at radius 3 is 2.74 bits per heavy atom. The van der Waals surface area contributed by atoms with Crippen LogP contribution in [-0.4, -0.2) is 42.4 Å². The van der Waals surface area contributed by atoms with Crippen molar-refractivity contribution in [1.29, 1.82) is 0 Å². The number of hydrogen-bond acceptors (Lipinski definition) is 5. The number of aliphatic hydroxyl groups is 1. The Morgan fingerprint density at radius 2 is 2.26 bits per heavy atom. The summed E-state index contributed by atoms with van der Waals surface area (Å²) in [6.07, 6.45) is 3.50. The average Bonchev–Trinajstić information content (AvgIpc) is 2.35. The number of ether oxygens (including phenoxy) is 1. The Hall–Kier alpha value is -1.62. The first-order valence-corrected chi connectivity index (χ1v) is 6.61. The largest absolute Gasteiger partial charge is 0.465 e. The van der Waals surface area contributed by atoms with Gasteiger partial charge in [-0.25, -0.2) is 9.78 Å². The van der Waals surface area contributed by atoms with Gasteiger partial charge in [-0.05, 0) is 38.3 Å². The normalized spacial score (nSPS) is 14.9. The number of pyridine rings is 1. The zero-order valence-corrected chi connectivity index (χ0v) is 11.4. The van der Waals surface area contributed by atoms with Gasteiger partial charge in [0.25, 0.3) is 0 Å². The molecule has 0 aromatic carbocycles. The number of rotatable bonds is 5. The van der Waals surface area contributed by atoms with Gasteiger partial charge < -0.3 is 14.7 Å². The quantitative estimate of drug-likeness (QED) is 0.817. The summed E-state index contributed by atoms with van der Waals surface area (Å²) in [7, 11) is 1.36. The topological polar surface area (TPSA) is 62.7 Å². The Balaban J connectivity index is 2.23. The van der Waals surface area contributed by atoms with Crippen LogP contribution in [0.4, 0.5) is 5.82 Å². The van der Waals surface area contributed by atoms with E-state index in [4.69, 9.17) is 4.74 Å². The summed E-state index contributed by atoms with van der Waals surface area (Å²) in [6.45, 7) is 2.48. The average molecular weight is 264 g/mol. The minimum absolute atomic E-state index is 0.107. The van der Waals surface area contributed by atoms with Crippen molar-refractivity contribution in [3.05, 3.63) is 23.4 Å². The molecule has 1 aromatic rings. The number of methoxy groups -OCH3 is 1. The summed E-state index contributed by atoms with van der Waals surface area (Å²) in [6, 6.07) is 4.03. The Kier molecular flexibility index (Phi) is 4.37. The van der Waals surface area contributed by atoms with Crippen molar-refractivity contribution in [3.8, 4) is 0 Å². The summed E-state index contributed by atoms with van der Waals surface area (Å²) >= 11 is 0. The third-order valence-electron chi connectivity index (χ3n) is 3.63. The molecule has 5 heteroatoms. The Labute approximate surface area is 113 Å². The third-order valence-corrected chi connectivity index (χ3v) is 3.63. The van der Waals surface area contributed by atoms with E-state index in [2.05, 4.69) is 9.88 Å². The van der Waals surface area contributed by atoms with Gasteiger partial charge in [-0.3, -0.25) is 0 Å². The molecule has 0 saturated heterocycles. The van der Waals surface area contributed by atoms with Gasteiger partial charge in [0.15, 0.2) is 0 Å². The lowest BCUT2D eigenvalue weighted by Gasteiger charge is -2.38. The monoisotopic (exact) mass is 264 g/mol. The Bertz CT molecular complexity index is 458. The predicted molar refractivity (Wildman–Crippen MR) is 72.4 cm³/mol. The molecular weight excluding hydrogens is 244 g/mol. The number of aryl methyl sites for hydroxylation is 1. The second-order valence-electron chi connectivity index (χ2n) is 4.80. The van der Waals surface area contributed by atoms with Crippen LogP contribution in [0.5, 0.6) is 0 Å². The van der Waals surface area contributed by atoms with Crippen molar-refractivity contribution < 1.29 is 14.6 Å². The van der Waals surface area contributed by atoms with Crippen LogP contribution >= 0.6 is 0 Å². The van der Waals surface area contributed by atoms with Crippen LogP contribution in [0.15, 0.2) is 12.1 Å². The molecule has 0 atom stereocenters. The lowest BCUT2D eigenvalue weighted by atomic mass is 9.91.